The fourth-order valence-electron chi connectivity index (χ4n) is 3.55. The lowest BCUT2D eigenvalue weighted by Gasteiger charge is -2.43. The summed E-state index contributed by atoms with van der Waals surface area (Å²) in [5.74, 6) is 0.0557. The van der Waals surface area contributed by atoms with E-state index < -0.39 is 29.4 Å². The first-order chi connectivity index (χ1) is 13.4. The molecule has 0 radical (unpaired) electrons. The van der Waals surface area contributed by atoms with Crippen LogP contribution in [0.4, 0.5) is 0 Å². The minimum Gasteiger partial charge on any atom is -0.483 e. The van der Waals surface area contributed by atoms with Gasteiger partial charge in [-0.3, -0.25) is 0 Å². The molecule has 0 unspecified atom stereocenters. The molecule has 4 rings (SSSR count). The summed E-state index contributed by atoms with van der Waals surface area (Å²) in [7, 11) is 1.53. The van der Waals surface area contributed by atoms with Gasteiger partial charge in [-0.15, -0.1) is 0 Å². The second kappa shape index (κ2) is 6.80. The molecule has 0 saturated carbocycles. The zero-order chi connectivity index (χ0) is 19.9. The number of fused-ring (bicyclic) bond motifs is 3. The zero-order valence-electron chi connectivity index (χ0n) is 15.8. The Balaban J connectivity index is 1.81. The lowest BCUT2D eigenvalue weighted by atomic mass is 9.87. The summed E-state index contributed by atoms with van der Waals surface area (Å²) in [6.45, 7) is 3.66. The van der Waals surface area contributed by atoms with Gasteiger partial charge in [0.1, 0.15) is 23.0 Å². The highest BCUT2D eigenvalue weighted by atomic mass is 16.6. The van der Waals surface area contributed by atoms with E-state index in [0.717, 1.165) is 5.39 Å². The molecule has 0 N–H and O–H groups in total. The SMILES string of the molecule is CO[C@H]1c2c(ccc3ccc(=O)oc23)OC(C)(C)[C@@H]1OC(=O)c1ccccc1. The zero-order valence-corrected chi connectivity index (χ0v) is 15.8. The second-order valence-electron chi connectivity index (χ2n) is 7.20. The van der Waals surface area contributed by atoms with Crippen LogP contribution < -0.4 is 10.4 Å². The molecule has 0 saturated heterocycles. The normalized spacial score (nSPS) is 20.2. The van der Waals surface area contributed by atoms with E-state index >= 15 is 0 Å². The van der Waals surface area contributed by atoms with Crippen LogP contribution >= 0.6 is 0 Å². The van der Waals surface area contributed by atoms with E-state index in [1.807, 2.05) is 26.0 Å². The van der Waals surface area contributed by atoms with Crippen LogP contribution in [0.5, 0.6) is 5.75 Å². The van der Waals surface area contributed by atoms with Gasteiger partial charge >= 0.3 is 11.6 Å². The van der Waals surface area contributed by atoms with Crippen LogP contribution in [0.25, 0.3) is 11.0 Å². The number of carbonyl (C=O) groups excluding carboxylic acids is 1. The molecule has 144 valence electrons. The Morgan fingerprint density at radius 2 is 1.75 bits per heavy atom. The topological polar surface area (TPSA) is 75.0 Å². The predicted molar refractivity (Wildman–Crippen MR) is 103 cm³/mol. The van der Waals surface area contributed by atoms with Gasteiger partial charge in [0.05, 0.1) is 11.1 Å². The molecule has 2 heterocycles. The van der Waals surface area contributed by atoms with Crippen LogP contribution in [0.1, 0.15) is 35.9 Å². The van der Waals surface area contributed by atoms with E-state index in [4.69, 9.17) is 18.6 Å². The monoisotopic (exact) mass is 380 g/mol. The average Bonchev–Trinajstić information content (AvgIpc) is 2.68. The van der Waals surface area contributed by atoms with E-state index in [-0.39, 0.29) is 0 Å². The van der Waals surface area contributed by atoms with Crippen molar-refractivity contribution in [2.75, 3.05) is 7.11 Å². The highest BCUT2D eigenvalue weighted by molar-refractivity contribution is 5.89. The molecule has 0 amide bonds. The molecule has 6 heteroatoms. The van der Waals surface area contributed by atoms with Gasteiger partial charge in [0.2, 0.25) is 0 Å². The van der Waals surface area contributed by atoms with Gasteiger partial charge in [-0.25, -0.2) is 9.59 Å². The van der Waals surface area contributed by atoms with E-state index in [2.05, 4.69) is 0 Å². The van der Waals surface area contributed by atoms with E-state index in [9.17, 15) is 9.59 Å². The van der Waals surface area contributed by atoms with Crippen molar-refractivity contribution in [2.45, 2.75) is 31.7 Å². The maximum atomic E-state index is 12.7. The summed E-state index contributed by atoms with van der Waals surface area (Å²) in [5, 5.41) is 0.733. The van der Waals surface area contributed by atoms with Gasteiger partial charge in [-0.05, 0) is 44.2 Å². The average molecular weight is 380 g/mol. The number of carbonyl (C=O) groups is 1. The molecule has 6 nitrogen and oxygen atoms in total. The van der Waals surface area contributed by atoms with Crippen molar-refractivity contribution in [2.24, 2.45) is 0 Å². The third-order valence-electron chi connectivity index (χ3n) is 4.90. The van der Waals surface area contributed by atoms with Crippen molar-refractivity contribution in [1.29, 1.82) is 0 Å². The summed E-state index contributed by atoms with van der Waals surface area (Å²) >= 11 is 0. The third kappa shape index (κ3) is 3.05. The van der Waals surface area contributed by atoms with Crippen molar-refractivity contribution in [1.82, 2.24) is 0 Å². The number of benzene rings is 2. The maximum Gasteiger partial charge on any atom is 0.338 e. The molecule has 0 spiro atoms. The standard InChI is InChI=1S/C22H20O6/c1-22(2)20(27-21(24)14-7-5-4-6-8-14)19(25-3)17-15(28-22)11-9-13-10-12-16(23)26-18(13)17/h4-12,19-20H,1-3H3/t19-,20+/m0/s1. The van der Waals surface area contributed by atoms with Crippen molar-refractivity contribution in [3.8, 4) is 5.75 Å². The fraction of sp³-hybridized carbons (Fsp3) is 0.273. The van der Waals surface area contributed by atoms with Gasteiger partial charge in [0.25, 0.3) is 0 Å². The number of ether oxygens (including phenoxy) is 3. The van der Waals surface area contributed by atoms with Crippen molar-refractivity contribution in [3.05, 3.63) is 76.1 Å². The Bertz CT molecular complexity index is 1080. The molecule has 0 bridgehead atoms. The first-order valence-electron chi connectivity index (χ1n) is 8.95. The number of hydrogen-bond acceptors (Lipinski definition) is 6. The summed E-state index contributed by atoms with van der Waals surface area (Å²) < 4.78 is 23.1. The van der Waals surface area contributed by atoms with Crippen LogP contribution in [-0.2, 0) is 9.47 Å². The molecule has 2 aromatic carbocycles. The van der Waals surface area contributed by atoms with Crippen LogP contribution in [0, 0.1) is 0 Å². The van der Waals surface area contributed by atoms with Crippen LogP contribution in [-0.4, -0.2) is 24.8 Å². The predicted octanol–water partition coefficient (Wildman–Crippen LogP) is 3.88. The van der Waals surface area contributed by atoms with Crippen LogP contribution in [0.3, 0.4) is 0 Å². The molecule has 1 aliphatic rings. The summed E-state index contributed by atoms with van der Waals surface area (Å²) in [5.41, 5.74) is 0.0266. The smallest absolute Gasteiger partial charge is 0.338 e. The minimum absolute atomic E-state index is 0.369. The molecule has 0 aliphatic carbocycles. The Morgan fingerprint density at radius 1 is 1.04 bits per heavy atom. The number of methoxy groups -OCH3 is 1. The molecule has 2 atom stereocenters. The van der Waals surface area contributed by atoms with Crippen molar-refractivity contribution in [3.63, 3.8) is 0 Å². The largest absolute Gasteiger partial charge is 0.483 e. The Labute approximate surface area is 161 Å². The lowest BCUT2D eigenvalue weighted by molar-refractivity contribution is -0.129. The first kappa shape index (κ1) is 18.3. The highest BCUT2D eigenvalue weighted by Gasteiger charge is 2.48. The molecule has 0 fully saturated rings. The molecule has 28 heavy (non-hydrogen) atoms. The molecular weight excluding hydrogens is 360 g/mol. The van der Waals surface area contributed by atoms with Crippen molar-refractivity contribution >= 4 is 16.9 Å². The van der Waals surface area contributed by atoms with Gasteiger partial charge in [-0.2, -0.15) is 0 Å². The second-order valence-corrected chi connectivity index (χ2v) is 7.20. The van der Waals surface area contributed by atoms with Crippen LogP contribution in [0.15, 0.2) is 63.8 Å². The van der Waals surface area contributed by atoms with Gasteiger partial charge in [-0.1, -0.05) is 18.2 Å². The number of rotatable bonds is 3. The Hall–Kier alpha value is -3.12. The molecule has 1 aromatic heterocycles. The highest BCUT2D eigenvalue weighted by Crippen LogP contribution is 2.46. The number of hydrogen-bond donors (Lipinski definition) is 0. The first-order valence-corrected chi connectivity index (χ1v) is 8.95. The maximum absolute atomic E-state index is 12.7. The van der Waals surface area contributed by atoms with Gasteiger partial charge < -0.3 is 18.6 Å². The molecule has 3 aromatic rings. The fourth-order valence-corrected chi connectivity index (χ4v) is 3.55. The van der Waals surface area contributed by atoms with E-state index in [0.29, 0.717) is 22.5 Å². The Morgan fingerprint density at radius 3 is 2.46 bits per heavy atom. The van der Waals surface area contributed by atoms with Gasteiger partial charge in [0, 0.05) is 18.6 Å². The molecular formula is C22H20O6. The van der Waals surface area contributed by atoms with Crippen LogP contribution in [0.2, 0.25) is 0 Å². The van der Waals surface area contributed by atoms with E-state index in [1.165, 1.54) is 13.2 Å². The minimum atomic E-state index is -0.860. The quantitative estimate of drug-likeness (QED) is 0.507. The van der Waals surface area contributed by atoms with Gasteiger partial charge in [0.15, 0.2) is 6.10 Å². The number of esters is 1. The summed E-state index contributed by atoms with van der Waals surface area (Å²) in [6.07, 6.45) is -1.42. The van der Waals surface area contributed by atoms with E-state index in [1.54, 1.807) is 36.4 Å². The Kier molecular flexibility index (Phi) is 4.43. The van der Waals surface area contributed by atoms with Crippen molar-refractivity contribution < 1.29 is 23.4 Å². The summed E-state index contributed by atoms with van der Waals surface area (Å²) in [4.78, 5) is 24.5. The third-order valence-corrected chi connectivity index (χ3v) is 4.90. The molecule has 1 aliphatic heterocycles. The lowest BCUT2D eigenvalue weighted by Crippen LogP contribution is -2.51. The summed E-state index contributed by atoms with van der Waals surface area (Å²) in [6, 6.07) is 15.4.